The molecule has 7 heteroatoms. The molecule has 2 aromatic rings. The summed E-state index contributed by atoms with van der Waals surface area (Å²) in [7, 11) is 0. The molecule has 0 atom stereocenters. The van der Waals surface area contributed by atoms with Crippen molar-refractivity contribution in [2.45, 2.75) is 6.42 Å². The first-order valence-electron chi connectivity index (χ1n) is 9.34. The van der Waals surface area contributed by atoms with Gasteiger partial charge in [-0.2, -0.15) is 5.10 Å². The van der Waals surface area contributed by atoms with Crippen LogP contribution in [0.15, 0.2) is 41.5 Å². The van der Waals surface area contributed by atoms with Gasteiger partial charge in [0.1, 0.15) is 18.8 Å². The van der Waals surface area contributed by atoms with Gasteiger partial charge >= 0.3 is 0 Å². The van der Waals surface area contributed by atoms with Crippen LogP contribution in [0.4, 0.5) is 0 Å². The molecule has 4 rings (SSSR count). The van der Waals surface area contributed by atoms with Gasteiger partial charge in [0.15, 0.2) is 5.11 Å². The van der Waals surface area contributed by atoms with Gasteiger partial charge in [-0.3, -0.25) is 10.2 Å². The van der Waals surface area contributed by atoms with Crippen LogP contribution < -0.4 is 15.6 Å². The molecule has 140 valence electrons. The number of hydrogen-bond donors (Lipinski definition) is 3. The fourth-order valence-electron chi connectivity index (χ4n) is 3.69. The monoisotopic (exact) mass is 383 g/mol. The third kappa shape index (κ3) is 3.85. The van der Waals surface area contributed by atoms with Crippen molar-refractivity contribution >= 4 is 39.6 Å². The van der Waals surface area contributed by atoms with E-state index in [1.165, 1.54) is 0 Å². The van der Waals surface area contributed by atoms with Crippen LogP contribution in [0.5, 0.6) is 0 Å². The lowest BCUT2D eigenvalue weighted by Gasteiger charge is -2.23. The highest BCUT2D eigenvalue weighted by molar-refractivity contribution is 7.80. The van der Waals surface area contributed by atoms with Crippen LogP contribution in [0.2, 0.25) is 0 Å². The highest BCUT2D eigenvalue weighted by atomic mass is 32.1. The molecule has 1 aliphatic carbocycles. The van der Waals surface area contributed by atoms with Crippen molar-refractivity contribution in [1.82, 2.24) is 10.7 Å². The molecular formula is C20H23N4O2S+. The Labute approximate surface area is 163 Å². The van der Waals surface area contributed by atoms with Crippen LogP contribution in [0, 0.1) is 0 Å². The molecule has 0 bridgehead atoms. The van der Waals surface area contributed by atoms with Crippen molar-refractivity contribution in [3.63, 3.8) is 0 Å². The third-order valence-corrected chi connectivity index (χ3v) is 5.32. The van der Waals surface area contributed by atoms with Crippen LogP contribution in [-0.4, -0.2) is 56.0 Å². The number of nitrogens with one attached hydrogen (secondary N) is 3. The molecular weight excluding hydrogens is 360 g/mol. The summed E-state index contributed by atoms with van der Waals surface area (Å²) in [4.78, 5) is 14.3. The predicted molar refractivity (Wildman–Crippen MR) is 110 cm³/mol. The van der Waals surface area contributed by atoms with Crippen LogP contribution in [-0.2, 0) is 4.74 Å². The van der Waals surface area contributed by atoms with Crippen LogP contribution in [0.1, 0.15) is 22.3 Å². The molecule has 3 N–H and O–H groups in total. The second-order valence-electron chi connectivity index (χ2n) is 6.83. The lowest BCUT2D eigenvalue weighted by Crippen LogP contribution is -3.14. The average molecular weight is 383 g/mol. The highest BCUT2D eigenvalue weighted by Gasteiger charge is 2.28. The molecule has 27 heavy (non-hydrogen) atoms. The Bertz CT molecular complexity index is 901. The predicted octanol–water partition coefficient (Wildman–Crippen LogP) is 0.510. The number of hydrazone groups is 1. The van der Waals surface area contributed by atoms with Crippen molar-refractivity contribution in [3.05, 3.63) is 47.5 Å². The first kappa shape index (κ1) is 18.0. The SMILES string of the molecule is O=C1/C(=N\NC(=S)NCCC[NH+]2CCOCC2)c2cccc3cccc1c23. The van der Waals surface area contributed by atoms with Gasteiger partial charge in [0.2, 0.25) is 5.78 Å². The van der Waals surface area contributed by atoms with E-state index >= 15 is 0 Å². The Morgan fingerprint density at radius 3 is 2.67 bits per heavy atom. The Hall–Kier alpha value is -2.35. The standard InChI is InChI=1S/C20H22N4O2S/c25-19-16-7-2-5-14-4-1-6-15(17(14)16)18(19)22-23-20(27)21-8-3-9-24-10-12-26-13-11-24/h1-2,4-7H,3,8-13H2,(H2,21,23,27)/p+1/b22-18-. The maximum Gasteiger partial charge on any atom is 0.214 e. The average Bonchev–Trinajstić information content (AvgIpc) is 2.98. The molecule has 0 unspecified atom stereocenters. The van der Waals surface area contributed by atoms with Gasteiger partial charge < -0.3 is 15.0 Å². The fourth-order valence-corrected chi connectivity index (χ4v) is 3.83. The first-order valence-corrected chi connectivity index (χ1v) is 9.74. The molecule has 2 aliphatic rings. The summed E-state index contributed by atoms with van der Waals surface area (Å²) < 4.78 is 5.37. The zero-order chi connectivity index (χ0) is 18.6. The van der Waals surface area contributed by atoms with Gasteiger partial charge in [-0.1, -0.05) is 36.4 Å². The van der Waals surface area contributed by atoms with Crippen LogP contribution >= 0.6 is 12.2 Å². The number of benzene rings is 2. The Kier molecular flexibility index (Phi) is 5.42. The van der Waals surface area contributed by atoms with E-state index in [2.05, 4.69) is 15.8 Å². The zero-order valence-corrected chi connectivity index (χ0v) is 15.9. The normalized spacial score (nSPS) is 18.2. The van der Waals surface area contributed by atoms with Crippen molar-refractivity contribution in [2.24, 2.45) is 5.10 Å². The molecule has 0 radical (unpaired) electrons. The van der Waals surface area contributed by atoms with Gasteiger partial charge in [0.25, 0.3) is 0 Å². The summed E-state index contributed by atoms with van der Waals surface area (Å²) in [6, 6.07) is 11.6. The number of quaternary nitrogens is 1. The number of ketones is 1. The number of carbonyl (C=O) groups excluding carboxylic acids is 1. The highest BCUT2D eigenvalue weighted by Crippen LogP contribution is 2.30. The van der Waals surface area contributed by atoms with E-state index in [-0.39, 0.29) is 5.78 Å². The smallest absolute Gasteiger partial charge is 0.214 e. The summed E-state index contributed by atoms with van der Waals surface area (Å²) >= 11 is 5.30. The second-order valence-corrected chi connectivity index (χ2v) is 7.24. The van der Waals surface area contributed by atoms with Gasteiger partial charge in [-0.15, -0.1) is 0 Å². The summed E-state index contributed by atoms with van der Waals surface area (Å²) in [5.41, 5.74) is 4.82. The zero-order valence-electron chi connectivity index (χ0n) is 15.1. The summed E-state index contributed by atoms with van der Waals surface area (Å²) in [6.07, 6.45) is 1.03. The van der Waals surface area contributed by atoms with Crippen molar-refractivity contribution in [3.8, 4) is 0 Å². The van der Waals surface area contributed by atoms with E-state index in [0.717, 1.165) is 62.1 Å². The Morgan fingerprint density at radius 2 is 1.89 bits per heavy atom. The lowest BCUT2D eigenvalue weighted by molar-refractivity contribution is -0.908. The minimum atomic E-state index is -0.0620. The lowest BCUT2D eigenvalue weighted by atomic mass is 10.1. The van der Waals surface area contributed by atoms with E-state index < -0.39 is 0 Å². The minimum Gasteiger partial charge on any atom is -0.370 e. The molecule has 0 aromatic heterocycles. The number of morpholine rings is 1. The van der Waals surface area contributed by atoms with Crippen molar-refractivity contribution < 1.29 is 14.4 Å². The van der Waals surface area contributed by atoms with Gasteiger partial charge in [0.05, 0.1) is 19.8 Å². The molecule has 0 amide bonds. The number of ether oxygens (including phenoxy) is 1. The van der Waals surface area contributed by atoms with Gasteiger partial charge in [-0.25, -0.2) is 0 Å². The maximum absolute atomic E-state index is 12.7. The van der Waals surface area contributed by atoms with E-state index in [9.17, 15) is 4.79 Å². The number of nitrogens with zero attached hydrogens (tertiary/aromatic N) is 1. The molecule has 6 nitrogen and oxygen atoms in total. The molecule has 0 saturated carbocycles. The third-order valence-electron chi connectivity index (χ3n) is 5.08. The summed E-state index contributed by atoms with van der Waals surface area (Å²) in [6.45, 7) is 5.73. The second kappa shape index (κ2) is 8.12. The number of thiocarbonyl (C=S) groups is 1. The molecule has 1 saturated heterocycles. The first-order chi connectivity index (χ1) is 13.2. The Morgan fingerprint density at radius 1 is 1.15 bits per heavy atom. The minimum absolute atomic E-state index is 0.0620. The van der Waals surface area contributed by atoms with Crippen LogP contribution in [0.3, 0.4) is 0 Å². The topological polar surface area (TPSA) is 67.2 Å². The van der Waals surface area contributed by atoms with Crippen LogP contribution in [0.25, 0.3) is 10.8 Å². The fraction of sp³-hybridized carbons (Fsp3) is 0.350. The number of rotatable bonds is 5. The number of hydrogen-bond acceptors (Lipinski definition) is 4. The summed E-state index contributed by atoms with van der Waals surface area (Å²) in [5, 5.41) is 9.93. The van der Waals surface area contributed by atoms with E-state index in [1.54, 1.807) is 4.90 Å². The van der Waals surface area contributed by atoms with E-state index in [4.69, 9.17) is 17.0 Å². The Balaban J connectivity index is 1.33. The molecule has 0 spiro atoms. The quantitative estimate of drug-likeness (QED) is 0.399. The number of carbonyl (C=O) groups is 1. The van der Waals surface area contributed by atoms with Crippen molar-refractivity contribution in [2.75, 3.05) is 39.4 Å². The van der Waals surface area contributed by atoms with Crippen molar-refractivity contribution in [1.29, 1.82) is 0 Å². The number of Topliss-reactive ketones (excluding diaryl/α,β-unsaturated/α-hetero) is 1. The molecule has 1 heterocycles. The molecule has 1 aliphatic heterocycles. The largest absolute Gasteiger partial charge is 0.370 e. The van der Waals surface area contributed by atoms with Gasteiger partial charge in [0, 0.05) is 29.5 Å². The van der Waals surface area contributed by atoms with Gasteiger partial charge in [-0.05, 0) is 17.6 Å². The molecule has 2 aromatic carbocycles. The summed E-state index contributed by atoms with van der Waals surface area (Å²) in [5.74, 6) is -0.0620. The van der Waals surface area contributed by atoms with E-state index in [0.29, 0.717) is 16.4 Å². The molecule has 1 fully saturated rings. The maximum atomic E-state index is 12.7. The van der Waals surface area contributed by atoms with E-state index in [1.807, 2.05) is 36.4 Å².